The summed E-state index contributed by atoms with van der Waals surface area (Å²) in [6, 6.07) is 1.85. The Morgan fingerprint density at radius 2 is 2.50 bits per heavy atom. The monoisotopic (exact) mass is 176 g/mol. The van der Waals surface area contributed by atoms with Gasteiger partial charge in [0.1, 0.15) is 0 Å². The summed E-state index contributed by atoms with van der Waals surface area (Å²) in [4.78, 5) is 1.07. The summed E-state index contributed by atoms with van der Waals surface area (Å²) in [5.74, 6) is 0. The molecule has 0 saturated heterocycles. The topological polar surface area (TPSA) is 20.2 Å². The first-order valence-corrected chi connectivity index (χ1v) is 4.36. The Bertz CT molecular complexity index is 207. The summed E-state index contributed by atoms with van der Waals surface area (Å²) in [6.07, 6.45) is 0.368. The molecule has 1 rings (SSSR count). The molecular weight excluding hydrogens is 168 g/mol. The molecule has 1 heterocycles. The van der Waals surface area contributed by atoms with Crippen molar-refractivity contribution in [1.29, 1.82) is 0 Å². The van der Waals surface area contributed by atoms with Crippen LogP contribution in [0.4, 0.5) is 0 Å². The molecule has 1 aromatic heterocycles. The molecule has 0 aliphatic carbocycles. The van der Waals surface area contributed by atoms with Crippen LogP contribution in [0.2, 0.25) is 5.02 Å². The molecule has 0 aromatic carbocycles. The molecule has 0 bridgehead atoms. The highest BCUT2D eigenvalue weighted by molar-refractivity contribution is 7.10. The minimum absolute atomic E-state index is 0.295. The molecule has 3 heteroatoms. The summed E-state index contributed by atoms with van der Waals surface area (Å²) in [5.41, 5.74) is 0. The Morgan fingerprint density at radius 3 is 2.90 bits per heavy atom. The van der Waals surface area contributed by atoms with Crippen LogP contribution in [-0.4, -0.2) is 11.2 Å². The van der Waals surface area contributed by atoms with Crippen molar-refractivity contribution in [2.24, 2.45) is 0 Å². The Balaban J connectivity index is 2.65. The lowest BCUT2D eigenvalue weighted by Gasteiger charge is -2.00. The van der Waals surface area contributed by atoms with E-state index in [1.165, 1.54) is 0 Å². The molecule has 1 atom stereocenters. The van der Waals surface area contributed by atoms with E-state index in [1.54, 1.807) is 18.3 Å². The third kappa shape index (κ3) is 1.97. The van der Waals surface area contributed by atoms with Crippen LogP contribution in [0.25, 0.3) is 0 Å². The molecule has 0 radical (unpaired) electrons. The zero-order valence-electron chi connectivity index (χ0n) is 5.67. The van der Waals surface area contributed by atoms with Gasteiger partial charge in [-0.25, -0.2) is 0 Å². The molecule has 1 nitrogen and oxygen atoms in total. The fourth-order valence-electron chi connectivity index (χ4n) is 0.739. The Labute approximate surface area is 69.3 Å². The molecule has 0 saturated carbocycles. The fraction of sp³-hybridized carbons (Fsp3) is 0.429. The van der Waals surface area contributed by atoms with E-state index in [4.69, 9.17) is 16.7 Å². The van der Waals surface area contributed by atoms with Crippen LogP contribution in [0.5, 0.6) is 0 Å². The number of halogens is 1. The number of aliphatic hydroxyl groups is 1. The van der Waals surface area contributed by atoms with Crippen molar-refractivity contribution in [2.75, 3.05) is 0 Å². The van der Waals surface area contributed by atoms with Crippen LogP contribution in [-0.2, 0) is 6.42 Å². The van der Waals surface area contributed by atoms with Gasteiger partial charge in [0.15, 0.2) is 0 Å². The van der Waals surface area contributed by atoms with Gasteiger partial charge in [-0.05, 0) is 18.4 Å². The number of hydrogen-bond acceptors (Lipinski definition) is 2. The van der Waals surface area contributed by atoms with Crippen molar-refractivity contribution in [2.45, 2.75) is 19.4 Å². The Kier molecular flexibility index (Phi) is 2.72. The van der Waals surface area contributed by atoms with Crippen molar-refractivity contribution in [1.82, 2.24) is 0 Å². The Morgan fingerprint density at radius 1 is 1.80 bits per heavy atom. The second-order valence-electron chi connectivity index (χ2n) is 2.24. The second kappa shape index (κ2) is 3.37. The van der Waals surface area contributed by atoms with Crippen LogP contribution in [0.3, 0.4) is 0 Å². The van der Waals surface area contributed by atoms with Crippen molar-refractivity contribution >= 4 is 22.9 Å². The lowest BCUT2D eigenvalue weighted by molar-refractivity contribution is 0.196. The Hall–Kier alpha value is -0.0500. The van der Waals surface area contributed by atoms with Gasteiger partial charge in [-0.3, -0.25) is 0 Å². The van der Waals surface area contributed by atoms with E-state index in [0.717, 1.165) is 9.90 Å². The van der Waals surface area contributed by atoms with Crippen LogP contribution >= 0.6 is 22.9 Å². The van der Waals surface area contributed by atoms with E-state index in [-0.39, 0.29) is 6.10 Å². The third-order valence-electron chi connectivity index (χ3n) is 1.17. The average Bonchev–Trinajstić information content (AvgIpc) is 2.15. The van der Waals surface area contributed by atoms with Gasteiger partial charge < -0.3 is 5.11 Å². The van der Waals surface area contributed by atoms with Gasteiger partial charge in [0.25, 0.3) is 0 Å². The first kappa shape index (κ1) is 8.05. The molecule has 0 spiro atoms. The van der Waals surface area contributed by atoms with Crippen LogP contribution in [0, 0.1) is 0 Å². The number of rotatable bonds is 2. The molecule has 56 valence electrons. The maximum atomic E-state index is 9.00. The largest absolute Gasteiger partial charge is 0.393 e. The maximum Gasteiger partial charge on any atom is 0.0560 e. The highest BCUT2D eigenvalue weighted by Gasteiger charge is 2.03. The maximum absolute atomic E-state index is 9.00. The van der Waals surface area contributed by atoms with E-state index in [1.807, 2.05) is 11.4 Å². The summed E-state index contributed by atoms with van der Waals surface area (Å²) in [7, 11) is 0. The van der Waals surface area contributed by atoms with Crippen molar-refractivity contribution in [3.8, 4) is 0 Å². The van der Waals surface area contributed by atoms with Gasteiger partial charge in [-0.2, -0.15) is 0 Å². The predicted octanol–water partition coefficient (Wildman–Crippen LogP) is 2.32. The van der Waals surface area contributed by atoms with Gasteiger partial charge in [0.05, 0.1) is 11.1 Å². The van der Waals surface area contributed by atoms with E-state index in [0.29, 0.717) is 6.42 Å². The van der Waals surface area contributed by atoms with Crippen molar-refractivity contribution in [3.05, 3.63) is 21.3 Å². The first-order chi connectivity index (χ1) is 4.70. The first-order valence-electron chi connectivity index (χ1n) is 3.10. The smallest absolute Gasteiger partial charge is 0.0560 e. The lowest BCUT2D eigenvalue weighted by Crippen LogP contribution is -2.02. The summed E-state index contributed by atoms with van der Waals surface area (Å²) < 4.78 is 0. The fourth-order valence-corrected chi connectivity index (χ4v) is 1.97. The molecule has 1 unspecified atom stereocenters. The number of aliphatic hydroxyl groups excluding tert-OH is 1. The third-order valence-corrected chi connectivity index (χ3v) is 2.58. The van der Waals surface area contributed by atoms with Gasteiger partial charge in [-0.15, -0.1) is 11.3 Å². The molecule has 0 fully saturated rings. The van der Waals surface area contributed by atoms with Crippen molar-refractivity contribution < 1.29 is 5.11 Å². The van der Waals surface area contributed by atoms with Gasteiger partial charge in [0.2, 0.25) is 0 Å². The van der Waals surface area contributed by atoms with Crippen LogP contribution < -0.4 is 0 Å². The number of hydrogen-bond donors (Lipinski definition) is 1. The SMILES string of the molecule is CC(O)Cc1sccc1Cl. The van der Waals surface area contributed by atoms with E-state index in [9.17, 15) is 0 Å². The molecule has 1 N–H and O–H groups in total. The lowest BCUT2D eigenvalue weighted by atomic mass is 10.2. The molecule has 0 aliphatic rings. The van der Waals surface area contributed by atoms with E-state index in [2.05, 4.69) is 0 Å². The summed E-state index contributed by atoms with van der Waals surface area (Å²) in [6.45, 7) is 1.76. The highest BCUT2D eigenvalue weighted by Crippen LogP contribution is 2.22. The zero-order chi connectivity index (χ0) is 7.56. The average molecular weight is 177 g/mol. The van der Waals surface area contributed by atoms with Crippen molar-refractivity contribution in [3.63, 3.8) is 0 Å². The normalized spacial score (nSPS) is 13.5. The quantitative estimate of drug-likeness (QED) is 0.734. The van der Waals surface area contributed by atoms with Crippen LogP contribution in [0.15, 0.2) is 11.4 Å². The van der Waals surface area contributed by atoms with Gasteiger partial charge >= 0.3 is 0 Å². The zero-order valence-corrected chi connectivity index (χ0v) is 7.25. The summed E-state index contributed by atoms with van der Waals surface area (Å²) >= 11 is 7.37. The molecule has 1 aromatic rings. The van der Waals surface area contributed by atoms with Crippen LogP contribution in [0.1, 0.15) is 11.8 Å². The molecular formula is C7H9ClOS. The van der Waals surface area contributed by atoms with E-state index < -0.39 is 0 Å². The van der Waals surface area contributed by atoms with Gasteiger partial charge in [-0.1, -0.05) is 11.6 Å². The van der Waals surface area contributed by atoms with E-state index >= 15 is 0 Å². The highest BCUT2D eigenvalue weighted by atomic mass is 35.5. The van der Waals surface area contributed by atoms with Gasteiger partial charge in [0, 0.05) is 11.3 Å². The minimum atomic E-state index is -0.295. The molecule has 0 amide bonds. The minimum Gasteiger partial charge on any atom is -0.393 e. The summed E-state index contributed by atoms with van der Waals surface area (Å²) in [5, 5.41) is 11.7. The second-order valence-corrected chi connectivity index (χ2v) is 3.65. The molecule has 10 heavy (non-hydrogen) atoms. The predicted molar refractivity (Wildman–Crippen MR) is 44.7 cm³/mol. The molecule has 0 aliphatic heterocycles. The number of thiophene rings is 1. The standard InChI is InChI=1S/C7H9ClOS/c1-5(9)4-7-6(8)2-3-10-7/h2-3,5,9H,4H2,1H3.